The van der Waals surface area contributed by atoms with Crippen LogP contribution in [-0.4, -0.2) is 54.4 Å². The van der Waals surface area contributed by atoms with Crippen LogP contribution in [0.25, 0.3) is 0 Å². The third-order valence-electron chi connectivity index (χ3n) is 1.99. The molecule has 1 aliphatic rings. The number of carbonyl (C=O) groups is 2. The maximum Gasteiger partial charge on any atom is 0.279 e. The van der Waals surface area contributed by atoms with Gasteiger partial charge in [0.15, 0.2) is 0 Å². The maximum absolute atomic E-state index is 11.5. The number of ether oxygens (including phenoxy) is 1. The molecule has 92 valence electrons. The molecule has 0 aliphatic carbocycles. The number of hydrogen-bond donors (Lipinski definition) is 3. The van der Waals surface area contributed by atoms with Crippen LogP contribution in [0.5, 0.6) is 0 Å². The van der Waals surface area contributed by atoms with Gasteiger partial charge in [-0.2, -0.15) is 0 Å². The van der Waals surface area contributed by atoms with Gasteiger partial charge >= 0.3 is 0 Å². The Morgan fingerprint density at radius 2 is 2.44 bits per heavy atom. The van der Waals surface area contributed by atoms with Crippen molar-refractivity contribution in [2.24, 2.45) is 0 Å². The molecule has 1 heterocycles. The lowest BCUT2D eigenvalue weighted by molar-refractivity contribution is -0.122. The van der Waals surface area contributed by atoms with Gasteiger partial charge in [-0.25, -0.2) is 0 Å². The smallest absolute Gasteiger partial charge is 0.279 e. The Morgan fingerprint density at radius 3 is 3.06 bits per heavy atom. The number of rotatable bonds is 7. The lowest BCUT2D eigenvalue weighted by Crippen LogP contribution is -2.43. The van der Waals surface area contributed by atoms with Crippen LogP contribution in [0.2, 0.25) is 0 Å². The molecule has 0 saturated carbocycles. The van der Waals surface area contributed by atoms with E-state index in [1.165, 1.54) is 0 Å². The Labute approximate surface area is 98.1 Å². The molecule has 1 unspecified atom stereocenters. The van der Waals surface area contributed by atoms with Crippen molar-refractivity contribution in [3.63, 3.8) is 0 Å². The fourth-order valence-corrected chi connectivity index (χ4v) is 1.98. The van der Waals surface area contributed by atoms with Crippen molar-refractivity contribution in [3.8, 4) is 0 Å². The third-order valence-corrected chi connectivity index (χ3v) is 2.87. The molecule has 0 aromatic heterocycles. The van der Waals surface area contributed by atoms with Crippen LogP contribution < -0.4 is 10.6 Å². The fraction of sp³-hybridized carbons (Fsp3) is 0.778. The van der Waals surface area contributed by atoms with Gasteiger partial charge < -0.3 is 20.5 Å². The highest BCUT2D eigenvalue weighted by Gasteiger charge is 2.27. The minimum Gasteiger partial charge on any atom is -0.394 e. The van der Waals surface area contributed by atoms with E-state index in [-0.39, 0.29) is 17.8 Å². The van der Waals surface area contributed by atoms with Crippen LogP contribution in [-0.2, 0) is 9.53 Å². The van der Waals surface area contributed by atoms with Gasteiger partial charge in [0.1, 0.15) is 6.04 Å². The summed E-state index contributed by atoms with van der Waals surface area (Å²) in [6, 6.07) is -0.407. The predicted octanol–water partition coefficient (Wildman–Crippen LogP) is -0.673. The van der Waals surface area contributed by atoms with Crippen molar-refractivity contribution in [2.45, 2.75) is 12.5 Å². The molecular weight excluding hydrogens is 232 g/mol. The average Bonchev–Trinajstić information content (AvgIpc) is 2.70. The quantitative estimate of drug-likeness (QED) is 0.520. The Morgan fingerprint density at radius 1 is 1.62 bits per heavy atom. The number of thioether (sulfide) groups is 1. The molecule has 0 bridgehead atoms. The largest absolute Gasteiger partial charge is 0.394 e. The highest BCUT2D eigenvalue weighted by Crippen LogP contribution is 2.12. The Hall–Kier alpha value is -0.790. The SMILES string of the molecule is O=C1NC(C(=O)NCCCOCCO)CS1. The van der Waals surface area contributed by atoms with E-state index in [1.54, 1.807) is 0 Å². The maximum atomic E-state index is 11.5. The summed E-state index contributed by atoms with van der Waals surface area (Å²) >= 11 is 1.12. The summed E-state index contributed by atoms with van der Waals surface area (Å²) in [4.78, 5) is 22.3. The van der Waals surface area contributed by atoms with Gasteiger partial charge in [-0.1, -0.05) is 11.8 Å². The van der Waals surface area contributed by atoms with E-state index < -0.39 is 6.04 Å². The van der Waals surface area contributed by atoms with Gasteiger partial charge in [0.05, 0.1) is 13.2 Å². The fourth-order valence-electron chi connectivity index (χ4n) is 1.20. The van der Waals surface area contributed by atoms with Crippen LogP contribution in [0, 0.1) is 0 Å². The second-order valence-electron chi connectivity index (χ2n) is 3.28. The number of amides is 2. The summed E-state index contributed by atoms with van der Waals surface area (Å²) < 4.78 is 5.03. The minimum absolute atomic E-state index is 0.0116. The summed E-state index contributed by atoms with van der Waals surface area (Å²) in [7, 11) is 0. The molecule has 16 heavy (non-hydrogen) atoms. The second kappa shape index (κ2) is 7.48. The molecule has 1 saturated heterocycles. The molecule has 1 atom stereocenters. The average molecular weight is 248 g/mol. The zero-order valence-corrected chi connectivity index (χ0v) is 9.72. The molecule has 2 amide bonds. The molecule has 0 radical (unpaired) electrons. The van der Waals surface area contributed by atoms with Crippen molar-refractivity contribution in [1.82, 2.24) is 10.6 Å². The third kappa shape index (κ3) is 4.82. The normalized spacial score (nSPS) is 19.6. The topological polar surface area (TPSA) is 87.7 Å². The molecule has 1 fully saturated rings. The first-order chi connectivity index (χ1) is 7.74. The molecule has 6 nitrogen and oxygen atoms in total. The summed E-state index contributed by atoms with van der Waals surface area (Å²) in [5.41, 5.74) is 0. The highest BCUT2D eigenvalue weighted by atomic mass is 32.2. The van der Waals surface area contributed by atoms with Crippen molar-refractivity contribution in [3.05, 3.63) is 0 Å². The standard InChI is InChI=1S/C9H16N2O4S/c12-3-5-15-4-1-2-10-8(13)7-6-16-9(14)11-7/h7,12H,1-6H2,(H,10,13)(H,11,14). The van der Waals surface area contributed by atoms with Gasteiger partial charge in [-0.15, -0.1) is 0 Å². The Balaban J connectivity index is 2.00. The Kier molecular flexibility index (Phi) is 6.20. The lowest BCUT2D eigenvalue weighted by atomic mass is 10.3. The predicted molar refractivity (Wildman–Crippen MR) is 60.3 cm³/mol. The van der Waals surface area contributed by atoms with Crippen LogP contribution in [0.3, 0.4) is 0 Å². The number of nitrogens with one attached hydrogen (secondary N) is 2. The summed E-state index contributed by atoms with van der Waals surface area (Å²) in [6.07, 6.45) is 0.694. The van der Waals surface area contributed by atoms with E-state index in [0.717, 1.165) is 11.8 Å². The van der Waals surface area contributed by atoms with E-state index in [1.807, 2.05) is 0 Å². The number of aliphatic hydroxyl groups is 1. The highest BCUT2D eigenvalue weighted by molar-refractivity contribution is 8.14. The van der Waals surface area contributed by atoms with E-state index in [2.05, 4.69) is 10.6 Å². The zero-order valence-electron chi connectivity index (χ0n) is 8.90. The molecule has 7 heteroatoms. The molecule has 1 rings (SSSR count). The molecule has 1 aliphatic heterocycles. The first-order valence-electron chi connectivity index (χ1n) is 5.13. The zero-order chi connectivity index (χ0) is 11.8. The lowest BCUT2D eigenvalue weighted by Gasteiger charge is -2.09. The van der Waals surface area contributed by atoms with E-state index in [0.29, 0.717) is 31.9 Å². The Bertz CT molecular complexity index is 250. The molecule has 0 aromatic rings. The first-order valence-corrected chi connectivity index (χ1v) is 6.12. The van der Waals surface area contributed by atoms with Gasteiger partial charge in [0.2, 0.25) is 5.91 Å². The number of hydrogen-bond acceptors (Lipinski definition) is 5. The van der Waals surface area contributed by atoms with Crippen molar-refractivity contribution < 1.29 is 19.4 Å². The van der Waals surface area contributed by atoms with Crippen LogP contribution in [0.15, 0.2) is 0 Å². The van der Waals surface area contributed by atoms with Gasteiger partial charge in [0, 0.05) is 18.9 Å². The minimum atomic E-state index is -0.407. The summed E-state index contributed by atoms with van der Waals surface area (Å²) in [5.74, 6) is 0.339. The number of carbonyl (C=O) groups excluding carboxylic acids is 2. The van der Waals surface area contributed by atoms with Crippen LogP contribution in [0.1, 0.15) is 6.42 Å². The van der Waals surface area contributed by atoms with Gasteiger partial charge in [-0.05, 0) is 6.42 Å². The van der Waals surface area contributed by atoms with E-state index in [4.69, 9.17) is 9.84 Å². The van der Waals surface area contributed by atoms with Crippen molar-refractivity contribution >= 4 is 22.9 Å². The molecular formula is C9H16N2O4S. The van der Waals surface area contributed by atoms with Gasteiger partial charge in [0.25, 0.3) is 5.24 Å². The van der Waals surface area contributed by atoms with Gasteiger partial charge in [-0.3, -0.25) is 9.59 Å². The van der Waals surface area contributed by atoms with Crippen molar-refractivity contribution in [2.75, 3.05) is 32.1 Å². The van der Waals surface area contributed by atoms with E-state index in [9.17, 15) is 9.59 Å². The summed E-state index contributed by atoms with van der Waals surface area (Å²) in [6.45, 7) is 1.36. The second-order valence-corrected chi connectivity index (χ2v) is 4.27. The summed E-state index contributed by atoms with van der Waals surface area (Å²) in [5, 5.41) is 13.6. The molecule has 3 N–H and O–H groups in total. The van der Waals surface area contributed by atoms with Crippen LogP contribution in [0.4, 0.5) is 4.79 Å². The van der Waals surface area contributed by atoms with Crippen molar-refractivity contribution in [1.29, 1.82) is 0 Å². The van der Waals surface area contributed by atoms with E-state index >= 15 is 0 Å². The molecule has 0 spiro atoms. The first kappa shape index (κ1) is 13.3. The monoisotopic (exact) mass is 248 g/mol. The van der Waals surface area contributed by atoms with Crippen LogP contribution >= 0.6 is 11.8 Å². The molecule has 0 aromatic carbocycles. The number of aliphatic hydroxyl groups excluding tert-OH is 1.